The molecular formula is C16H17NO4. The number of nitro groups is 1. The predicted octanol–water partition coefficient (Wildman–Crippen LogP) is 3.63. The minimum absolute atomic E-state index is 0.109. The van der Waals surface area contributed by atoms with Crippen molar-refractivity contribution in [3.05, 3.63) is 75.8 Å². The number of non-ortho nitro benzene ring substituents is 1. The van der Waals surface area contributed by atoms with Crippen LogP contribution in [0.1, 0.15) is 22.8 Å². The Morgan fingerprint density at radius 3 is 2.38 bits per heavy atom. The zero-order chi connectivity index (χ0) is 15.5. The summed E-state index contributed by atoms with van der Waals surface area (Å²) in [6.45, 7) is 2.93. The first kappa shape index (κ1) is 16.5. The maximum atomic E-state index is 10.4. The van der Waals surface area contributed by atoms with Gasteiger partial charge in [0.1, 0.15) is 6.29 Å². The van der Waals surface area contributed by atoms with E-state index < -0.39 is 4.92 Å². The van der Waals surface area contributed by atoms with Crippen LogP contribution in [-0.2, 0) is 11.3 Å². The molecule has 0 aliphatic carbocycles. The number of nitro benzene ring substituents is 1. The Labute approximate surface area is 123 Å². The van der Waals surface area contributed by atoms with E-state index >= 15 is 0 Å². The molecule has 21 heavy (non-hydrogen) atoms. The highest BCUT2D eigenvalue weighted by Gasteiger charge is 2.04. The highest BCUT2D eigenvalue weighted by Crippen LogP contribution is 2.13. The first-order valence-corrected chi connectivity index (χ1v) is 6.48. The summed E-state index contributed by atoms with van der Waals surface area (Å²) in [4.78, 5) is 20.0. The van der Waals surface area contributed by atoms with Gasteiger partial charge in [-0.2, -0.15) is 0 Å². The average Bonchev–Trinajstić information content (AvgIpc) is 2.54. The van der Waals surface area contributed by atoms with Gasteiger partial charge in [0, 0.05) is 24.3 Å². The summed E-state index contributed by atoms with van der Waals surface area (Å²) in [5.74, 6) is 0. The van der Waals surface area contributed by atoms with E-state index in [1.54, 1.807) is 18.2 Å². The third kappa shape index (κ3) is 6.44. The van der Waals surface area contributed by atoms with E-state index in [1.165, 1.54) is 12.1 Å². The van der Waals surface area contributed by atoms with Crippen molar-refractivity contribution in [2.45, 2.75) is 13.5 Å². The molecule has 110 valence electrons. The lowest BCUT2D eigenvalue weighted by Gasteiger charge is -2.00. The number of aldehydes is 1. The summed E-state index contributed by atoms with van der Waals surface area (Å²) in [7, 11) is 0. The first-order valence-electron chi connectivity index (χ1n) is 6.48. The number of hydrogen-bond donors (Lipinski definition) is 0. The van der Waals surface area contributed by atoms with Crippen molar-refractivity contribution in [2.75, 3.05) is 6.61 Å². The molecule has 0 saturated carbocycles. The van der Waals surface area contributed by atoms with Gasteiger partial charge in [-0.3, -0.25) is 14.9 Å². The van der Waals surface area contributed by atoms with Gasteiger partial charge in [0.2, 0.25) is 0 Å². The highest BCUT2D eigenvalue weighted by molar-refractivity contribution is 5.74. The van der Waals surface area contributed by atoms with Gasteiger partial charge in [0.15, 0.2) is 0 Å². The SMILES string of the molecule is CCOCc1cccc([N+](=O)[O-])c1.O=Cc1ccccc1. The molecule has 0 radical (unpaired) electrons. The summed E-state index contributed by atoms with van der Waals surface area (Å²) < 4.78 is 5.13. The highest BCUT2D eigenvalue weighted by atomic mass is 16.6. The predicted molar refractivity (Wildman–Crippen MR) is 80.3 cm³/mol. The van der Waals surface area contributed by atoms with Crippen LogP contribution in [0.3, 0.4) is 0 Å². The quantitative estimate of drug-likeness (QED) is 0.478. The van der Waals surface area contributed by atoms with Crippen molar-refractivity contribution in [2.24, 2.45) is 0 Å². The van der Waals surface area contributed by atoms with Gasteiger partial charge in [-0.05, 0) is 12.5 Å². The molecule has 0 fully saturated rings. The lowest BCUT2D eigenvalue weighted by atomic mass is 10.2. The van der Waals surface area contributed by atoms with Crippen LogP contribution in [0.4, 0.5) is 5.69 Å². The van der Waals surface area contributed by atoms with Crippen LogP contribution >= 0.6 is 0 Å². The second-order valence-corrected chi connectivity index (χ2v) is 4.09. The van der Waals surface area contributed by atoms with Crippen LogP contribution in [0.25, 0.3) is 0 Å². The van der Waals surface area contributed by atoms with Crippen molar-refractivity contribution in [3.8, 4) is 0 Å². The van der Waals surface area contributed by atoms with Crippen molar-refractivity contribution < 1.29 is 14.5 Å². The van der Waals surface area contributed by atoms with E-state index in [-0.39, 0.29) is 5.69 Å². The summed E-state index contributed by atoms with van der Waals surface area (Å²) in [6, 6.07) is 15.6. The number of benzene rings is 2. The molecule has 0 unspecified atom stereocenters. The van der Waals surface area contributed by atoms with Crippen molar-refractivity contribution >= 4 is 12.0 Å². The van der Waals surface area contributed by atoms with Crippen LogP contribution in [-0.4, -0.2) is 17.8 Å². The van der Waals surface area contributed by atoms with Gasteiger partial charge >= 0.3 is 0 Å². The maximum absolute atomic E-state index is 10.4. The fourth-order valence-electron chi connectivity index (χ4n) is 1.51. The molecule has 0 atom stereocenters. The molecule has 0 aliphatic rings. The Morgan fingerprint density at radius 1 is 1.14 bits per heavy atom. The fourth-order valence-corrected chi connectivity index (χ4v) is 1.51. The molecule has 0 spiro atoms. The molecule has 0 aromatic heterocycles. The fraction of sp³-hybridized carbons (Fsp3) is 0.188. The Balaban J connectivity index is 0.000000235. The Hall–Kier alpha value is -2.53. The average molecular weight is 287 g/mol. The molecule has 0 N–H and O–H groups in total. The smallest absolute Gasteiger partial charge is 0.269 e. The van der Waals surface area contributed by atoms with Gasteiger partial charge in [-0.25, -0.2) is 0 Å². The minimum Gasteiger partial charge on any atom is -0.377 e. The molecule has 2 aromatic rings. The van der Waals surface area contributed by atoms with Crippen LogP contribution in [0.5, 0.6) is 0 Å². The van der Waals surface area contributed by atoms with Crippen molar-refractivity contribution in [1.82, 2.24) is 0 Å². The second kappa shape index (κ2) is 9.39. The normalized spacial score (nSPS) is 9.38. The molecule has 5 heteroatoms. The number of ether oxygens (including phenoxy) is 1. The van der Waals surface area contributed by atoms with E-state index in [9.17, 15) is 14.9 Å². The van der Waals surface area contributed by atoms with Gasteiger partial charge in [0.25, 0.3) is 5.69 Å². The summed E-state index contributed by atoms with van der Waals surface area (Å²) in [5, 5.41) is 10.4. The Bertz CT molecular complexity index is 569. The summed E-state index contributed by atoms with van der Waals surface area (Å²) in [5.41, 5.74) is 1.67. The third-order valence-corrected chi connectivity index (χ3v) is 2.53. The van der Waals surface area contributed by atoms with Crippen LogP contribution < -0.4 is 0 Å². The van der Waals surface area contributed by atoms with Crippen molar-refractivity contribution in [3.63, 3.8) is 0 Å². The zero-order valence-electron chi connectivity index (χ0n) is 11.8. The monoisotopic (exact) mass is 287 g/mol. The van der Waals surface area contributed by atoms with Gasteiger partial charge in [-0.15, -0.1) is 0 Å². The molecule has 0 bridgehead atoms. The molecule has 0 heterocycles. The van der Waals surface area contributed by atoms with Crippen molar-refractivity contribution in [1.29, 1.82) is 0 Å². The van der Waals surface area contributed by atoms with E-state index in [0.717, 1.165) is 17.4 Å². The summed E-state index contributed by atoms with van der Waals surface area (Å²) >= 11 is 0. The van der Waals surface area contributed by atoms with E-state index in [4.69, 9.17) is 4.74 Å². The van der Waals surface area contributed by atoms with Gasteiger partial charge in [-0.1, -0.05) is 42.5 Å². The van der Waals surface area contributed by atoms with E-state index in [0.29, 0.717) is 13.2 Å². The number of carbonyl (C=O) groups excluding carboxylic acids is 1. The molecule has 2 aromatic carbocycles. The molecule has 0 amide bonds. The largest absolute Gasteiger partial charge is 0.377 e. The summed E-state index contributed by atoms with van der Waals surface area (Å²) in [6.07, 6.45) is 0.833. The second-order valence-electron chi connectivity index (χ2n) is 4.09. The maximum Gasteiger partial charge on any atom is 0.269 e. The third-order valence-electron chi connectivity index (χ3n) is 2.53. The molecule has 0 saturated heterocycles. The lowest BCUT2D eigenvalue weighted by molar-refractivity contribution is -0.384. The van der Waals surface area contributed by atoms with Crippen LogP contribution in [0.2, 0.25) is 0 Å². The number of nitrogens with zero attached hydrogens (tertiary/aromatic N) is 1. The Kier molecular flexibility index (Phi) is 7.39. The van der Waals surface area contributed by atoms with Gasteiger partial charge in [0.05, 0.1) is 11.5 Å². The first-order chi connectivity index (χ1) is 10.2. The van der Waals surface area contributed by atoms with Crippen LogP contribution in [0.15, 0.2) is 54.6 Å². The Morgan fingerprint density at radius 2 is 1.86 bits per heavy atom. The lowest BCUT2D eigenvalue weighted by Crippen LogP contribution is -1.93. The van der Waals surface area contributed by atoms with Gasteiger partial charge < -0.3 is 4.74 Å². The molecule has 5 nitrogen and oxygen atoms in total. The van der Waals surface area contributed by atoms with Crippen LogP contribution in [0, 0.1) is 10.1 Å². The molecule has 0 aliphatic heterocycles. The van der Waals surface area contributed by atoms with E-state index in [2.05, 4.69) is 0 Å². The topological polar surface area (TPSA) is 69.4 Å². The molecular weight excluding hydrogens is 270 g/mol. The van der Waals surface area contributed by atoms with E-state index in [1.807, 2.05) is 31.2 Å². The number of carbonyl (C=O) groups is 1. The minimum atomic E-state index is -0.407. The number of rotatable bonds is 5. The standard InChI is InChI=1S/C9H11NO3.C7H6O/c1-2-13-7-8-4-3-5-9(6-8)10(11)12;8-6-7-4-2-1-3-5-7/h3-6H,2,7H2,1H3;1-6H. The molecule has 2 rings (SSSR count). The zero-order valence-corrected chi connectivity index (χ0v) is 11.8. The number of hydrogen-bond acceptors (Lipinski definition) is 4.